The standard InChI is InChI=1S/C77H33F30N3/c78-68(79,80)45-7-9-54(61(33-45)77(105,106)107)40-2-8-55(67(28-40)110-65-13-5-38(43-20-50(73(93,94)95)31-51(21-43)74(96,97)98)26-59(65)60-27-39(6-14-66(60)110)44-22-52(75(99,100)101)32-53(23-44)76(102,103)104)56-15-35(34-108)1-10-62(56)109-63-11-3-36(41-16-46(69(81,82)83)29-47(17-41)70(84,85)86)24-57(63)58-25-37(4-12-64(58)109)42-18-48(71(87,88)89)30-49(19-42)72(90,91)92/h1-33H. The molecule has 0 spiro atoms. The van der Waals surface area contributed by atoms with E-state index in [1.165, 1.54) is 4.57 Å². The number of hydrogen-bond acceptors (Lipinski definition) is 1. The van der Waals surface area contributed by atoms with Crippen molar-refractivity contribution in [2.45, 2.75) is 61.8 Å². The van der Waals surface area contributed by atoms with Gasteiger partial charge in [0.1, 0.15) is 0 Å². The lowest BCUT2D eigenvalue weighted by Gasteiger charge is -2.21. The first-order valence-electron chi connectivity index (χ1n) is 31.1. The molecule has 0 radical (unpaired) electrons. The van der Waals surface area contributed by atoms with Gasteiger partial charge in [-0.15, -0.1) is 0 Å². The summed E-state index contributed by atoms with van der Waals surface area (Å²) in [5, 5.41) is 9.32. The van der Waals surface area contributed by atoms with Gasteiger partial charge >= 0.3 is 61.8 Å². The summed E-state index contributed by atoms with van der Waals surface area (Å²) in [6.45, 7) is 0. The molecule has 0 amide bonds. The van der Waals surface area contributed by atoms with Crippen LogP contribution in [-0.4, -0.2) is 9.13 Å². The van der Waals surface area contributed by atoms with Gasteiger partial charge in [0.2, 0.25) is 0 Å². The minimum absolute atomic E-state index is 0.211. The van der Waals surface area contributed by atoms with Crippen LogP contribution in [0.3, 0.4) is 0 Å². The molecular weight excluding hydrogens is 1540 g/mol. The van der Waals surface area contributed by atoms with Crippen LogP contribution in [0.2, 0.25) is 0 Å². The molecule has 0 aliphatic rings. The predicted molar refractivity (Wildman–Crippen MR) is 342 cm³/mol. The minimum atomic E-state index is -5.67. The molecule has 0 saturated carbocycles. The Bertz CT molecular complexity index is 5560. The van der Waals surface area contributed by atoms with E-state index in [0.29, 0.717) is 30.3 Å². The summed E-state index contributed by atoms with van der Waals surface area (Å²) in [5.74, 6) is 0. The second-order valence-electron chi connectivity index (χ2n) is 25.1. The van der Waals surface area contributed by atoms with Crippen molar-refractivity contribution in [1.29, 1.82) is 5.26 Å². The summed E-state index contributed by atoms with van der Waals surface area (Å²) >= 11 is 0. The molecule has 0 bridgehead atoms. The maximum atomic E-state index is 15.4. The zero-order chi connectivity index (χ0) is 80.2. The molecular formula is C77H33F30N3. The number of nitriles is 1. The number of fused-ring (bicyclic) bond motifs is 6. The van der Waals surface area contributed by atoms with Gasteiger partial charge in [-0.1, -0.05) is 42.5 Å². The molecule has 110 heavy (non-hydrogen) atoms. The quantitative estimate of drug-likeness (QED) is 0.140. The van der Waals surface area contributed by atoms with Crippen LogP contribution in [-0.2, 0) is 61.8 Å². The summed E-state index contributed by atoms with van der Waals surface area (Å²) in [5.41, 5.74) is -28.5. The van der Waals surface area contributed by atoms with E-state index in [-0.39, 0.29) is 127 Å². The molecule has 0 unspecified atom stereocenters. The Kier molecular flexibility index (Phi) is 18.0. The van der Waals surface area contributed by atoms with Crippen LogP contribution in [0.4, 0.5) is 132 Å². The summed E-state index contributed by atoms with van der Waals surface area (Å²) in [6, 6.07) is 21.5. The first kappa shape index (κ1) is 76.6. The lowest BCUT2D eigenvalue weighted by Crippen LogP contribution is -2.12. The van der Waals surface area contributed by atoms with Crippen molar-refractivity contribution < 1.29 is 132 Å². The summed E-state index contributed by atoms with van der Waals surface area (Å²) in [7, 11) is 0. The van der Waals surface area contributed by atoms with Crippen LogP contribution in [0, 0.1) is 11.3 Å². The highest BCUT2D eigenvalue weighted by Gasteiger charge is 2.44. The largest absolute Gasteiger partial charge is 0.417 e. The molecule has 33 heteroatoms. The maximum absolute atomic E-state index is 15.4. The van der Waals surface area contributed by atoms with Crippen LogP contribution in [0.15, 0.2) is 200 Å². The Balaban J connectivity index is 1.16. The van der Waals surface area contributed by atoms with Crippen molar-refractivity contribution in [3.8, 4) is 84.2 Å². The van der Waals surface area contributed by atoms with E-state index in [4.69, 9.17) is 0 Å². The molecule has 0 saturated heterocycles. The lowest BCUT2D eigenvalue weighted by molar-refractivity contribution is -0.144. The zero-order valence-corrected chi connectivity index (χ0v) is 53.7. The molecule has 11 aromatic carbocycles. The number of hydrogen-bond donors (Lipinski definition) is 0. The van der Waals surface area contributed by atoms with E-state index < -0.39 is 179 Å². The fourth-order valence-corrected chi connectivity index (χ4v) is 13.1. The number of alkyl halides is 30. The van der Waals surface area contributed by atoms with Gasteiger partial charge in [0, 0.05) is 32.7 Å². The molecule has 0 atom stereocenters. The van der Waals surface area contributed by atoms with E-state index in [1.807, 2.05) is 6.07 Å². The zero-order valence-electron chi connectivity index (χ0n) is 53.7. The van der Waals surface area contributed by atoms with Crippen molar-refractivity contribution in [3.05, 3.63) is 261 Å². The Morgan fingerprint density at radius 1 is 0.200 bits per heavy atom. The van der Waals surface area contributed by atoms with Crippen molar-refractivity contribution in [2.24, 2.45) is 0 Å². The number of benzene rings is 11. The Labute approximate surface area is 595 Å². The third-order valence-electron chi connectivity index (χ3n) is 18.1. The average Bonchev–Trinajstić information content (AvgIpc) is 1.54. The topological polar surface area (TPSA) is 33.6 Å². The van der Waals surface area contributed by atoms with Gasteiger partial charge in [-0.25, -0.2) is 0 Å². The van der Waals surface area contributed by atoms with Gasteiger partial charge in [0.25, 0.3) is 0 Å². The van der Waals surface area contributed by atoms with Crippen molar-refractivity contribution in [1.82, 2.24) is 9.13 Å². The molecule has 13 aromatic rings. The third kappa shape index (κ3) is 14.6. The average molecular weight is 1570 g/mol. The number of nitrogens with zero attached hydrogens (tertiary/aromatic N) is 3. The second-order valence-corrected chi connectivity index (χ2v) is 25.1. The molecule has 2 aromatic heterocycles. The van der Waals surface area contributed by atoms with Gasteiger partial charge < -0.3 is 9.13 Å². The highest BCUT2D eigenvalue weighted by Crippen LogP contribution is 2.51. The van der Waals surface area contributed by atoms with Gasteiger partial charge in [-0.3, -0.25) is 0 Å². The first-order valence-corrected chi connectivity index (χ1v) is 31.1. The van der Waals surface area contributed by atoms with E-state index in [1.54, 1.807) is 0 Å². The highest BCUT2D eigenvalue weighted by atomic mass is 19.4. The molecule has 3 nitrogen and oxygen atoms in total. The van der Waals surface area contributed by atoms with Gasteiger partial charge in [0.15, 0.2) is 0 Å². The fourth-order valence-electron chi connectivity index (χ4n) is 13.1. The molecule has 13 rings (SSSR count). The summed E-state index contributed by atoms with van der Waals surface area (Å²) in [6.07, 6.45) is -54.9. The minimum Gasteiger partial charge on any atom is -0.309 e. The SMILES string of the molecule is N#Cc1ccc(-n2c3ccc(-c4cc(C(F)(F)F)cc(C(F)(F)F)c4)cc3c3cc(-c4cc(C(F)(F)F)cc(C(F)(F)F)c4)ccc32)c(-c2ccc(-c3ccc(C(F)(F)F)cc3C(F)(F)F)cc2-n2c3ccc(-c4cc(C(F)(F)F)cc(C(F)(F)F)c4)cc3c3cc(-c4cc(C(F)(F)F)cc(C(F)(F)F)c4)ccc32)c1. The Morgan fingerprint density at radius 2 is 0.473 bits per heavy atom. The van der Waals surface area contributed by atoms with Crippen LogP contribution in [0.5, 0.6) is 0 Å². The first-order chi connectivity index (χ1) is 50.7. The van der Waals surface area contributed by atoms with Gasteiger partial charge in [-0.2, -0.15) is 137 Å². The predicted octanol–water partition coefficient (Wildman–Crippen LogP) is 27.9. The van der Waals surface area contributed by atoms with E-state index in [0.717, 1.165) is 114 Å². The van der Waals surface area contributed by atoms with Crippen LogP contribution in [0.1, 0.15) is 61.2 Å². The number of aromatic nitrogens is 2. The molecule has 0 N–H and O–H groups in total. The van der Waals surface area contributed by atoms with Gasteiger partial charge in [0.05, 0.1) is 101 Å². The summed E-state index contributed by atoms with van der Waals surface area (Å²) in [4.78, 5) is 0. The van der Waals surface area contributed by atoms with E-state index in [2.05, 4.69) is 0 Å². The van der Waals surface area contributed by atoms with Crippen LogP contribution in [0.25, 0.3) is 122 Å². The molecule has 566 valence electrons. The van der Waals surface area contributed by atoms with E-state index in [9.17, 15) is 124 Å². The van der Waals surface area contributed by atoms with Gasteiger partial charge in [-0.05, 0) is 213 Å². The van der Waals surface area contributed by atoms with E-state index >= 15 is 13.2 Å². The Hall–Kier alpha value is -11.6. The second kappa shape index (κ2) is 25.8. The van der Waals surface area contributed by atoms with Crippen molar-refractivity contribution >= 4 is 43.6 Å². The van der Waals surface area contributed by atoms with Crippen molar-refractivity contribution in [2.75, 3.05) is 0 Å². The third-order valence-corrected chi connectivity index (χ3v) is 18.1. The summed E-state index contributed by atoms with van der Waals surface area (Å²) < 4.78 is 439. The number of halogens is 30. The van der Waals surface area contributed by atoms with Crippen LogP contribution < -0.4 is 0 Å². The molecule has 2 heterocycles. The Morgan fingerprint density at radius 3 is 0.745 bits per heavy atom. The normalized spacial score (nSPS) is 13.4. The number of rotatable bonds is 8. The van der Waals surface area contributed by atoms with Crippen LogP contribution >= 0.6 is 0 Å². The highest BCUT2D eigenvalue weighted by molar-refractivity contribution is 6.14. The van der Waals surface area contributed by atoms with Crippen molar-refractivity contribution in [3.63, 3.8) is 0 Å². The fraction of sp³-hybridized carbons (Fsp3) is 0.130. The maximum Gasteiger partial charge on any atom is 0.417 e. The lowest BCUT2D eigenvalue weighted by atomic mass is 9.92. The molecule has 0 aliphatic heterocycles. The molecule has 0 fully saturated rings. The smallest absolute Gasteiger partial charge is 0.309 e. The molecule has 0 aliphatic carbocycles. The monoisotopic (exact) mass is 1570 g/mol.